The minimum Gasteiger partial charge on any atom is -0.268 e. The van der Waals surface area contributed by atoms with Gasteiger partial charge in [-0.2, -0.15) is 0 Å². The minimum absolute atomic E-state index is 0.00875. The predicted molar refractivity (Wildman–Crippen MR) is 70.0 cm³/mol. The maximum atomic E-state index is 12.3. The van der Waals surface area contributed by atoms with Crippen molar-refractivity contribution in [1.82, 2.24) is 9.55 Å². The van der Waals surface area contributed by atoms with Crippen molar-refractivity contribution >= 4 is 22.2 Å². The first-order valence-electron chi connectivity index (χ1n) is 5.27. The van der Waals surface area contributed by atoms with Crippen LogP contribution < -0.4 is 5.56 Å². The number of thiophene rings is 1. The van der Waals surface area contributed by atoms with E-state index in [2.05, 4.69) is 4.98 Å². The largest absolute Gasteiger partial charge is 0.268 e. The lowest BCUT2D eigenvalue weighted by Gasteiger charge is -2.07. The molecule has 0 aliphatic carbocycles. The molecule has 0 N–H and O–H groups in total. The molecule has 0 aliphatic heterocycles. The molecular formula is C13H10N2OS. The van der Waals surface area contributed by atoms with Gasteiger partial charge in [-0.15, -0.1) is 11.3 Å². The van der Waals surface area contributed by atoms with E-state index in [1.807, 2.05) is 41.9 Å². The average molecular weight is 242 g/mol. The van der Waals surface area contributed by atoms with Gasteiger partial charge in [0.25, 0.3) is 5.56 Å². The van der Waals surface area contributed by atoms with E-state index in [9.17, 15) is 4.79 Å². The fourth-order valence-corrected chi connectivity index (χ4v) is 2.60. The van der Waals surface area contributed by atoms with Crippen LogP contribution in [0.1, 0.15) is 5.56 Å². The Morgan fingerprint density at radius 1 is 1.24 bits per heavy atom. The summed E-state index contributed by atoms with van der Waals surface area (Å²) >= 11 is 1.50. The second-order valence-electron chi connectivity index (χ2n) is 3.88. The zero-order valence-corrected chi connectivity index (χ0v) is 10.1. The van der Waals surface area contributed by atoms with Crippen LogP contribution in [0, 0.1) is 6.92 Å². The van der Waals surface area contributed by atoms with Crippen LogP contribution in [-0.2, 0) is 0 Å². The van der Waals surface area contributed by atoms with E-state index >= 15 is 0 Å². The molecular weight excluding hydrogens is 232 g/mol. The maximum absolute atomic E-state index is 12.3. The Balaban J connectivity index is 2.35. The van der Waals surface area contributed by atoms with Crippen LogP contribution in [0.3, 0.4) is 0 Å². The third kappa shape index (κ3) is 1.57. The lowest BCUT2D eigenvalue weighted by atomic mass is 10.2. The number of fused-ring (bicyclic) bond motifs is 1. The van der Waals surface area contributed by atoms with Gasteiger partial charge in [-0.1, -0.05) is 18.2 Å². The molecule has 0 unspecified atom stereocenters. The van der Waals surface area contributed by atoms with Crippen molar-refractivity contribution in [3.63, 3.8) is 0 Å². The summed E-state index contributed by atoms with van der Waals surface area (Å²) < 4.78 is 1.60. The maximum Gasteiger partial charge on any atom is 0.266 e. The molecule has 3 rings (SSSR count). The van der Waals surface area contributed by atoms with E-state index in [-0.39, 0.29) is 5.56 Å². The monoisotopic (exact) mass is 242 g/mol. The van der Waals surface area contributed by atoms with Gasteiger partial charge in [0.15, 0.2) is 0 Å². The summed E-state index contributed by atoms with van der Waals surface area (Å²) in [7, 11) is 0. The highest BCUT2D eigenvalue weighted by atomic mass is 32.1. The van der Waals surface area contributed by atoms with E-state index in [4.69, 9.17) is 0 Å². The number of rotatable bonds is 1. The summed E-state index contributed by atoms with van der Waals surface area (Å²) in [4.78, 5) is 16.6. The summed E-state index contributed by atoms with van der Waals surface area (Å²) in [5, 5.41) is 4.42. The molecule has 17 heavy (non-hydrogen) atoms. The van der Waals surface area contributed by atoms with Crippen LogP contribution in [0.5, 0.6) is 0 Å². The van der Waals surface area contributed by atoms with Gasteiger partial charge in [0.1, 0.15) is 6.33 Å². The molecule has 3 aromatic rings. The molecule has 0 saturated carbocycles. The Morgan fingerprint density at radius 3 is 2.88 bits per heavy atom. The molecule has 84 valence electrons. The molecule has 0 atom stereocenters. The Bertz CT molecular complexity index is 742. The summed E-state index contributed by atoms with van der Waals surface area (Å²) in [6.07, 6.45) is 1.60. The number of aryl methyl sites for hydroxylation is 1. The standard InChI is InChI=1S/C13H10N2OS/c1-9-4-2-3-5-12(9)15-8-14-11-7-17-6-10(11)13(15)16/h2-8H,1H3. The first kappa shape index (κ1) is 10.2. The van der Waals surface area contributed by atoms with Gasteiger partial charge < -0.3 is 0 Å². The smallest absolute Gasteiger partial charge is 0.266 e. The van der Waals surface area contributed by atoms with Gasteiger partial charge in [0.05, 0.1) is 16.6 Å². The molecule has 0 bridgehead atoms. The number of hydrogen-bond acceptors (Lipinski definition) is 3. The van der Waals surface area contributed by atoms with Crippen LogP contribution in [0.15, 0.2) is 46.1 Å². The first-order valence-corrected chi connectivity index (χ1v) is 6.21. The zero-order valence-electron chi connectivity index (χ0n) is 9.25. The molecule has 0 amide bonds. The van der Waals surface area contributed by atoms with Crippen molar-refractivity contribution in [1.29, 1.82) is 0 Å². The van der Waals surface area contributed by atoms with Crippen LogP contribution in [0.4, 0.5) is 0 Å². The summed E-state index contributed by atoms with van der Waals surface area (Å²) in [6.45, 7) is 1.99. The van der Waals surface area contributed by atoms with Crippen molar-refractivity contribution in [3.05, 3.63) is 57.3 Å². The molecule has 4 heteroatoms. The highest BCUT2D eigenvalue weighted by Crippen LogP contribution is 2.15. The topological polar surface area (TPSA) is 34.9 Å². The third-order valence-electron chi connectivity index (χ3n) is 2.78. The fourth-order valence-electron chi connectivity index (χ4n) is 1.86. The van der Waals surface area contributed by atoms with Crippen LogP contribution >= 0.6 is 11.3 Å². The second kappa shape index (κ2) is 3.82. The predicted octanol–water partition coefficient (Wildman–Crippen LogP) is 2.76. The Hall–Kier alpha value is -1.94. The molecule has 2 heterocycles. The van der Waals surface area contributed by atoms with Crippen molar-refractivity contribution < 1.29 is 0 Å². The average Bonchev–Trinajstić information content (AvgIpc) is 2.80. The minimum atomic E-state index is -0.00875. The Labute approximate surface area is 102 Å². The van der Waals surface area contributed by atoms with Crippen molar-refractivity contribution in [2.45, 2.75) is 6.92 Å². The highest BCUT2D eigenvalue weighted by Gasteiger charge is 2.07. The molecule has 0 fully saturated rings. The van der Waals surface area contributed by atoms with Crippen molar-refractivity contribution in [2.75, 3.05) is 0 Å². The van der Waals surface area contributed by atoms with E-state index in [0.717, 1.165) is 16.8 Å². The van der Waals surface area contributed by atoms with E-state index < -0.39 is 0 Å². The molecule has 0 radical (unpaired) electrons. The third-order valence-corrected chi connectivity index (χ3v) is 3.51. The quantitative estimate of drug-likeness (QED) is 0.657. The zero-order chi connectivity index (χ0) is 11.8. The number of nitrogens with zero attached hydrogens (tertiary/aromatic N) is 2. The lowest BCUT2D eigenvalue weighted by Crippen LogP contribution is -2.18. The molecule has 3 nitrogen and oxygen atoms in total. The van der Waals surface area contributed by atoms with Crippen molar-refractivity contribution in [2.24, 2.45) is 0 Å². The van der Waals surface area contributed by atoms with Gasteiger partial charge in [-0.05, 0) is 18.6 Å². The number of aromatic nitrogens is 2. The Morgan fingerprint density at radius 2 is 2.06 bits per heavy atom. The van der Waals surface area contributed by atoms with Gasteiger partial charge in [0, 0.05) is 10.8 Å². The summed E-state index contributed by atoms with van der Waals surface area (Å²) in [5.74, 6) is 0. The van der Waals surface area contributed by atoms with E-state index in [0.29, 0.717) is 5.39 Å². The van der Waals surface area contributed by atoms with Gasteiger partial charge in [-0.3, -0.25) is 9.36 Å². The van der Waals surface area contributed by atoms with Gasteiger partial charge in [-0.25, -0.2) is 4.98 Å². The summed E-state index contributed by atoms with van der Waals surface area (Å²) in [6, 6.07) is 7.79. The highest BCUT2D eigenvalue weighted by molar-refractivity contribution is 7.09. The number of benzene rings is 1. The molecule has 0 saturated heterocycles. The number of para-hydroxylation sites is 1. The van der Waals surface area contributed by atoms with E-state index in [1.54, 1.807) is 10.9 Å². The molecule has 2 aromatic heterocycles. The molecule has 1 aromatic carbocycles. The Kier molecular flexibility index (Phi) is 2.30. The second-order valence-corrected chi connectivity index (χ2v) is 4.62. The van der Waals surface area contributed by atoms with Crippen molar-refractivity contribution in [3.8, 4) is 5.69 Å². The van der Waals surface area contributed by atoms with Gasteiger partial charge >= 0.3 is 0 Å². The lowest BCUT2D eigenvalue weighted by molar-refractivity contribution is 0.954. The van der Waals surface area contributed by atoms with Crippen LogP contribution in [0.25, 0.3) is 16.6 Å². The molecule has 0 spiro atoms. The molecule has 0 aliphatic rings. The number of hydrogen-bond donors (Lipinski definition) is 0. The van der Waals surface area contributed by atoms with Crippen LogP contribution in [0.2, 0.25) is 0 Å². The van der Waals surface area contributed by atoms with Crippen LogP contribution in [-0.4, -0.2) is 9.55 Å². The SMILES string of the molecule is Cc1ccccc1-n1cnc2cscc2c1=O. The van der Waals surface area contributed by atoms with Gasteiger partial charge in [0.2, 0.25) is 0 Å². The summed E-state index contributed by atoms with van der Waals surface area (Å²) in [5.41, 5.74) is 2.71. The first-order chi connectivity index (χ1) is 8.27. The van der Waals surface area contributed by atoms with E-state index in [1.165, 1.54) is 11.3 Å². The normalized spacial score (nSPS) is 10.9. The fraction of sp³-hybridized carbons (Fsp3) is 0.0769.